The number of fused-ring (bicyclic) bond motifs is 2. The highest BCUT2D eigenvalue weighted by Crippen LogP contribution is 2.55. The lowest BCUT2D eigenvalue weighted by atomic mass is 9.71. The van der Waals surface area contributed by atoms with E-state index in [0.717, 1.165) is 25.0 Å². The number of hydrogen-bond acceptors (Lipinski definition) is 6. The smallest absolute Gasteiger partial charge is 0.258 e. The van der Waals surface area contributed by atoms with Crippen LogP contribution < -0.4 is 10.9 Å². The van der Waals surface area contributed by atoms with Crippen molar-refractivity contribution in [2.45, 2.75) is 44.9 Å². The van der Waals surface area contributed by atoms with Gasteiger partial charge in [-0.25, -0.2) is 23.9 Å². The van der Waals surface area contributed by atoms with E-state index in [9.17, 15) is 14.0 Å². The topological polar surface area (TPSA) is 118 Å². The van der Waals surface area contributed by atoms with Crippen molar-refractivity contribution in [3.8, 4) is 11.5 Å². The first kappa shape index (κ1) is 20.6. The van der Waals surface area contributed by atoms with Crippen molar-refractivity contribution in [2.75, 3.05) is 5.32 Å². The Morgan fingerprint density at radius 3 is 2.79 bits per heavy atom. The molecule has 10 heteroatoms. The number of aryl methyl sites for hydroxylation is 2. The molecule has 3 aromatic heterocycles. The van der Waals surface area contributed by atoms with E-state index >= 15 is 0 Å². The van der Waals surface area contributed by atoms with E-state index in [2.05, 4.69) is 30.4 Å². The Bertz CT molecular complexity index is 1540. The molecule has 2 aliphatic rings. The highest BCUT2D eigenvalue weighted by Gasteiger charge is 2.59. The molecule has 1 aromatic carbocycles. The standard InChI is InChI=1S/C24H22FN7O2/c1-3-4-16-21-26-11-27-32(21)10-17(28-16)19-29-20-18(22(33)30-19)24(13-5-6-13,23(34)31-20)14-7-8-15(25)12(2)9-14/h7-11,13H,3-6H2,1-2H3,(H2,29,30,31,33,34). The zero-order valence-electron chi connectivity index (χ0n) is 18.7. The van der Waals surface area contributed by atoms with Gasteiger partial charge in [-0.15, -0.1) is 0 Å². The van der Waals surface area contributed by atoms with E-state index in [1.54, 1.807) is 29.8 Å². The summed E-state index contributed by atoms with van der Waals surface area (Å²) in [7, 11) is 0. The molecule has 4 aromatic rings. The van der Waals surface area contributed by atoms with Crippen molar-refractivity contribution < 1.29 is 9.18 Å². The number of hydrogen-bond donors (Lipinski definition) is 2. The van der Waals surface area contributed by atoms with Crippen molar-refractivity contribution in [1.82, 2.24) is 29.5 Å². The molecule has 1 aliphatic carbocycles. The van der Waals surface area contributed by atoms with E-state index < -0.39 is 11.0 Å². The first-order valence-electron chi connectivity index (χ1n) is 11.4. The second kappa shape index (κ2) is 7.28. The molecule has 1 amide bonds. The number of carbonyl (C=O) groups is 1. The van der Waals surface area contributed by atoms with Gasteiger partial charge in [-0.3, -0.25) is 9.59 Å². The van der Waals surface area contributed by atoms with E-state index in [0.29, 0.717) is 28.9 Å². The van der Waals surface area contributed by atoms with Crippen LogP contribution in [-0.4, -0.2) is 35.5 Å². The molecule has 1 fully saturated rings. The summed E-state index contributed by atoms with van der Waals surface area (Å²) in [6.45, 7) is 3.69. The molecule has 4 heterocycles. The van der Waals surface area contributed by atoms with E-state index in [-0.39, 0.29) is 34.8 Å². The van der Waals surface area contributed by atoms with Crippen LogP contribution in [-0.2, 0) is 16.6 Å². The average Bonchev–Trinajstić information content (AvgIpc) is 3.46. The maximum absolute atomic E-state index is 14.0. The minimum absolute atomic E-state index is 0.0480. The molecule has 6 rings (SSSR count). The summed E-state index contributed by atoms with van der Waals surface area (Å²) >= 11 is 0. The fourth-order valence-corrected chi connectivity index (χ4v) is 5.09. The Hall–Kier alpha value is -3.95. The quantitative estimate of drug-likeness (QED) is 0.474. The number of nitrogens with one attached hydrogen (secondary N) is 2. The molecule has 0 saturated heterocycles. The summed E-state index contributed by atoms with van der Waals surface area (Å²) in [6, 6.07) is 4.61. The Morgan fingerprint density at radius 1 is 1.24 bits per heavy atom. The van der Waals surface area contributed by atoms with Gasteiger partial charge in [0.05, 0.1) is 17.5 Å². The summed E-state index contributed by atoms with van der Waals surface area (Å²) in [5.41, 5.74) is 1.54. The number of amides is 1. The number of benzene rings is 1. The summed E-state index contributed by atoms with van der Waals surface area (Å²) in [6.07, 6.45) is 6.26. The maximum atomic E-state index is 14.0. The minimum Gasteiger partial charge on any atom is -0.309 e. The largest absolute Gasteiger partial charge is 0.309 e. The van der Waals surface area contributed by atoms with Gasteiger partial charge in [0.1, 0.15) is 29.1 Å². The summed E-state index contributed by atoms with van der Waals surface area (Å²) in [4.78, 5) is 43.4. The monoisotopic (exact) mass is 459 g/mol. The van der Waals surface area contributed by atoms with Gasteiger partial charge >= 0.3 is 0 Å². The van der Waals surface area contributed by atoms with Crippen LogP contribution >= 0.6 is 0 Å². The van der Waals surface area contributed by atoms with Gasteiger partial charge in [0.25, 0.3) is 5.56 Å². The van der Waals surface area contributed by atoms with Crippen LogP contribution in [0.4, 0.5) is 10.2 Å². The molecule has 2 N–H and O–H groups in total. The lowest BCUT2D eigenvalue weighted by molar-refractivity contribution is -0.120. The molecule has 1 unspecified atom stereocenters. The third-order valence-electron chi connectivity index (χ3n) is 6.77. The molecule has 1 aliphatic heterocycles. The zero-order chi connectivity index (χ0) is 23.6. The molecule has 1 saturated carbocycles. The predicted molar refractivity (Wildman–Crippen MR) is 122 cm³/mol. The number of rotatable bonds is 5. The lowest BCUT2D eigenvalue weighted by Crippen LogP contribution is -2.41. The van der Waals surface area contributed by atoms with Crippen LogP contribution in [0.2, 0.25) is 0 Å². The summed E-state index contributed by atoms with van der Waals surface area (Å²) < 4.78 is 15.6. The maximum Gasteiger partial charge on any atom is 0.258 e. The Balaban J connectivity index is 1.54. The van der Waals surface area contributed by atoms with Gasteiger partial charge < -0.3 is 10.3 Å². The predicted octanol–water partition coefficient (Wildman–Crippen LogP) is 2.92. The number of carbonyl (C=O) groups excluding carboxylic acids is 1. The van der Waals surface area contributed by atoms with Crippen LogP contribution in [0.15, 0.2) is 35.5 Å². The number of H-pyrrole nitrogens is 1. The molecular weight excluding hydrogens is 437 g/mol. The van der Waals surface area contributed by atoms with Crippen molar-refractivity contribution in [1.29, 1.82) is 0 Å². The fourth-order valence-electron chi connectivity index (χ4n) is 5.09. The van der Waals surface area contributed by atoms with Gasteiger partial charge in [-0.2, -0.15) is 5.10 Å². The van der Waals surface area contributed by atoms with Gasteiger partial charge in [0.2, 0.25) is 5.91 Å². The zero-order valence-corrected chi connectivity index (χ0v) is 18.7. The van der Waals surface area contributed by atoms with Crippen molar-refractivity contribution in [3.63, 3.8) is 0 Å². The second-order valence-corrected chi connectivity index (χ2v) is 8.99. The lowest BCUT2D eigenvalue weighted by Gasteiger charge is -2.27. The first-order valence-corrected chi connectivity index (χ1v) is 11.4. The highest BCUT2D eigenvalue weighted by atomic mass is 19.1. The van der Waals surface area contributed by atoms with E-state index in [1.807, 2.05) is 6.92 Å². The molecule has 172 valence electrons. The van der Waals surface area contributed by atoms with Crippen LogP contribution in [0.5, 0.6) is 0 Å². The third-order valence-corrected chi connectivity index (χ3v) is 6.77. The number of anilines is 1. The molecule has 34 heavy (non-hydrogen) atoms. The number of aromatic nitrogens is 6. The van der Waals surface area contributed by atoms with Gasteiger partial charge in [0.15, 0.2) is 11.5 Å². The van der Waals surface area contributed by atoms with Crippen molar-refractivity contribution in [2.24, 2.45) is 5.92 Å². The molecular formula is C24H22FN7O2. The Morgan fingerprint density at radius 2 is 2.06 bits per heavy atom. The molecule has 9 nitrogen and oxygen atoms in total. The molecule has 1 atom stereocenters. The van der Waals surface area contributed by atoms with Crippen LogP contribution in [0.3, 0.4) is 0 Å². The molecule has 0 spiro atoms. The SMILES string of the molecule is CCCc1nc(-c2nc3c(c(=O)[nH]2)C(c2ccc(F)c(C)c2)(C2CC2)C(=O)N3)cn2ncnc12. The Labute approximate surface area is 193 Å². The second-order valence-electron chi connectivity index (χ2n) is 8.99. The number of nitrogens with zero attached hydrogens (tertiary/aromatic N) is 5. The van der Waals surface area contributed by atoms with E-state index in [1.165, 1.54) is 12.4 Å². The van der Waals surface area contributed by atoms with Gasteiger partial charge in [-0.1, -0.05) is 25.5 Å². The minimum atomic E-state index is -1.19. The van der Waals surface area contributed by atoms with Crippen LogP contribution in [0, 0.1) is 18.7 Å². The van der Waals surface area contributed by atoms with Crippen molar-refractivity contribution >= 4 is 17.4 Å². The van der Waals surface area contributed by atoms with Gasteiger partial charge in [0, 0.05) is 0 Å². The van der Waals surface area contributed by atoms with E-state index in [4.69, 9.17) is 0 Å². The number of aromatic amines is 1. The van der Waals surface area contributed by atoms with Crippen LogP contribution in [0.1, 0.15) is 48.6 Å². The summed E-state index contributed by atoms with van der Waals surface area (Å²) in [5.74, 6) is -0.255. The Kier molecular flexibility index (Phi) is 4.42. The third kappa shape index (κ3) is 2.84. The van der Waals surface area contributed by atoms with Crippen LogP contribution in [0.25, 0.3) is 17.2 Å². The normalized spacial score (nSPS) is 19.4. The molecule has 0 bridgehead atoms. The molecule has 0 radical (unpaired) electrons. The van der Waals surface area contributed by atoms with Gasteiger partial charge in [-0.05, 0) is 49.3 Å². The number of halogens is 1. The highest BCUT2D eigenvalue weighted by molar-refractivity contribution is 6.08. The summed E-state index contributed by atoms with van der Waals surface area (Å²) in [5, 5.41) is 7.05. The average molecular weight is 459 g/mol. The fraction of sp³-hybridized carbons (Fsp3) is 0.333. The first-order chi connectivity index (χ1) is 16.4. The van der Waals surface area contributed by atoms with Crippen molar-refractivity contribution in [3.05, 3.63) is 69.3 Å².